The van der Waals surface area contributed by atoms with Gasteiger partial charge in [-0.25, -0.2) is 4.98 Å². The topological polar surface area (TPSA) is 84.3 Å². The number of anilines is 2. The number of rotatable bonds is 8. The van der Waals surface area contributed by atoms with Gasteiger partial charge in [-0.2, -0.15) is 0 Å². The van der Waals surface area contributed by atoms with Crippen LogP contribution in [0.4, 0.5) is 11.4 Å². The van der Waals surface area contributed by atoms with Gasteiger partial charge in [-0.1, -0.05) is 47.7 Å². The molecule has 43 heavy (non-hydrogen) atoms. The van der Waals surface area contributed by atoms with Crippen LogP contribution in [0.15, 0.2) is 122 Å². The standard InChI is InChI=1S/C33H26N6O2S2/c40-29(21-41-24-9-2-1-3-10-24)35-22-15-17-23(18-16-22)39-31(30(37-32(39)42)26-12-6-7-19-34-26)27-13-8-20-38(27)33-36-25-11-4-5-14-28(25)43-33/h1-20,30-31H,21H2,(H,35,40)(H,37,42)/t30-,31-/m1/s1. The van der Waals surface area contributed by atoms with Gasteiger partial charge < -0.3 is 20.3 Å². The second kappa shape index (κ2) is 11.7. The molecule has 0 spiro atoms. The Morgan fingerprint density at radius 1 is 0.930 bits per heavy atom. The maximum absolute atomic E-state index is 12.5. The molecule has 0 aliphatic carbocycles. The van der Waals surface area contributed by atoms with E-state index in [0.29, 0.717) is 16.5 Å². The molecule has 0 unspecified atom stereocenters. The summed E-state index contributed by atoms with van der Waals surface area (Å²) in [5.74, 6) is 0.406. The van der Waals surface area contributed by atoms with Gasteiger partial charge in [-0.3, -0.25) is 14.3 Å². The van der Waals surface area contributed by atoms with Crippen LogP contribution in [0.3, 0.4) is 0 Å². The Labute approximate surface area is 257 Å². The van der Waals surface area contributed by atoms with Crippen LogP contribution in [0.2, 0.25) is 0 Å². The van der Waals surface area contributed by atoms with Crippen molar-refractivity contribution >= 4 is 56.2 Å². The predicted octanol–water partition coefficient (Wildman–Crippen LogP) is 6.68. The third-order valence-electron chi connectivity index (χ3n) is 7.21. The molecule has 2 atom stereocenters. The summed E-state index contributed by atoms with van der Waals surface area (Å²) in [6.07, 6.45) is 3.84. The van der Waals surface area contributed by atoms with Gasteiger partial charge in [-0.05, 0) is 85.0 Å². The number of carbonyl (C=O) groups excluding carboxylic acids is 1. The third kappa shape index (κ3) is 5.45. The van der Waals surface area contributed by atoms with Gasteiger partial charge in [-0.15, -0.1) is 0 Å². The van der Waals surface area contributed by atoms with E-state index in [-0.39, 0.29) is 24.6 Å². The molecule has 1 aliphatic rings. The first-order valence-electron chi connectivity index (χ1n) is 13.8. The normalized spacial score (nSPS) is 16.3. The smallest absolute Gasteiger partial charge is 0.262 e. The van der Waals surface area contributed by atoms with Crippen LogP contribution in [0, 0.1) is 0 Å². The average Bonchev–Trinajstić information content (AvgIpc) is 3.78. The van der Waals surface area contributed by atoms with Crippen LogP contribution in [0.1, 0.15) is 23.5 Å². The molecular weight excluding hydrogens is 577 g/mol. The highest BCUT2D eigenvalue weighted by atomic mass is 32.1. The van der Waals surface area contributed by atoms with Crippen LogP contribution in [0.25, 0.3) is 15.3 Å². The molecule has 1 amide bonds. The van der Waals surface area contributed by atoms with Crippen molar-refractivity contribution in [3.05, 3.63) is 133 Å². The Morgan fingerprint density at radius 3 is 2.51 bits per heavy atom. The summed E-state index contributed by atoms with van der Waals surface area (Å²) >= 11 is 7.57. The second-order valence-electron chi connectivity index (χ2n) is 9.96. The predicted molar refractivity (Wildman–Crippen MR) is 174 cm³/mol. The average molecular weight is 603 g/mol. The van der Waals surface area contributed by atoms with Gasteiger partial charge in [0.1, 0.15) is 11.8 Å². The lowest BCUT2D eigenvalue weighted by atomic mass is 10.0. The zero-order chi connectivity index (χ0) is 29.2. The number of thiocarbonyl (C=S) groups is 1. The first-order valence-corrected chi connectivity index (χ1v) is 15.0. The summed E-state index contributed by atoms with van der Waals surface area (Å²) in [6.45, 7) is -0.0809. The Balaban J connectivity index is 1.19. The van der Waals surface area contributed by atoms with Crippen LogP contribution in [-0.4, -0.2) is 32.2 Å². The number of benzene rings is 3. The Morgan fingerprint density at radius 2 is 1.72 bits per heavy atom. The van der Waals surface area contributed by atoms with Crippen LogP contribution in [-0.2, 0) is 4.79 Å². The lowest BCUT2D eigenvalue weighted by Gasteiger charge is -2.28. The molecule has 0 bridgehead atoms. The number of ether oxygens (including phenoxy) is 1. The summed E-state index contributed by atoms with van der Waals surface area (Å²) < 4.78 is 8.84. The third-order valence-corrected chi connectivity index (χ3v) is 8.56. The van der Waals surface area contributed by atoms with Crippen LogP contribution in [0.5, 0.6) is 5.75 Å². The molecule has 4 heterocycles. The highest BCUT2D eigenvalue weighted by molar-refractivity contribution is 7.80. The SMILES string of the molecule is O=C(COc1ccccc1)Nc1ccc(N2C(=S)N[C@H](c3ccccn3)[C@H]2c2cccn2-c2nc3ccccc3s2)cc1. The van der Waals surface area contributed by atoms with Crippen molar-refractivity contribution in [3.63, 3.8) is 0 Å². The number of thiazole rings is 1. The molecule has 10 heteroatoms. The largest absolute Gasteiger partial charge is 0.484 e. The van der Waals surface area contributed by atoms with Crippen molar-refractivity contribution in [3.8, 4) is 10.9 Å². The highest BCUT2D eigenvalue weighted by Crippen LogP contribution is 2.43. The molecule has 2 N–H and O–H groups in total. The molecular formula is C33H26N6O2S2. The summed E-state index contributed by atoms with van der Waals surface area (Å²) in [4.78, 5) is 24.2. The number of hydrogen-bond donors (Lipinski definition) is 2. The molecule has 1 saturated heterocycles. The molecule has 8 nitrogen and oxygen atoms in total. The summed E-state index contributed by atoms with van der Waals surface area (Å²) in [6, 6.07) is 34.7. The van der Waals surface area contributed by atoms with E-state index in [1.807, 2.05) is 103 Å². The van der Waals surface area contributed by atoms with E-state index in [1.54, 1.807) is 17.5 Å². The maximum atomic E-state index is 12.5. The second-order valence-corrected chi connectivity index (χ2v) is 11.4. The first kappa shape index (κ1) is 26.8. The van der Waals surface area contributed by atoms with E-state index in [0.717, 1.165) is 32.4 Å². The molecule has 3 aromatic heterocycles. The summed E-state index contributed by atoms with van der Waals surface area (Å²) in [5.41, 5.74) is 4.43. The fraction of sp³-hybridized carbons (Fsp3) is 0.0909. The number of hydrogen-bond acceptors (Lipinski definition) is 6. The number of nitrogens with zero attached hydrogens (tertiary/aromatic N) is 4. The first-order chi connectivity index (χ1) is 21.1. The van der Waals surface area contributed by atoms with Gasteiger partial charge in [0.2, 0.25) is 0 Å². The van der Waals surface area contributed by atoms with E-state index in [2.05, 4.69) is 37.2 Å². The zero-order valence-electron chi connectivity index (χ0n) is 22.8. The Bertz CT molecular complexity index is 1860. The monoisotopic (exact) mass is 602 g/mol. The minimum atomic E-state index is -0.239. The minimum absolute atomic E-state index is 0.0809. The van der Waals surface area contributed by atoms with Crippen LogP contribution >= 0.6 is 23.6 Å². The fourth-order valence-electron chi connectivity index (χ4n) is 5.27. The number of pyridine rings is 1. The number of aromatic nitrogens is 3. The van der Waals surface area contributed by atoms with E-state index < -0.39 is 0 Å². The van der Waals surface area contributed by atoms with E-state index in [4.69, 9.17) is 21.9 Å². The van der Waals surface area contributed by atoms with E-state index >= 15 is 0 Å². The molecule has 1 fully saturated rings. The van der Waals surface area contributed by atoms with Gasteiger partial charge in [0.25, 0.3) is 5.91 Å². The highest BCUT2D eigenvalue weighted by Gasteiger charge is 2.42. The lowest BCUT2D eigenvalue weighted by molar-refractivity contribution is -0.118. The zero-order valence-corrected chi connectivity index (χ0v) is 24.5. The minimum Gasteiger partial charge on any atom is -0.484 e. The molecule has 7 rings (SSSR count). The summed E-state index contributed by atoms with van der Waals surface area (Å²) in [5, 5.41) is 7.90. The molecule has 1 aliphatic heterocycles. The number of nitrogens with one attached hydrogen (secondary N) is 2. The Kier molecular flexibility index (Phi) is 7.28. The number of amides is 1. The molecule has 0 radical (unpaired) electrons. The molecule has 3 aromatic carbocycles. The summed E-state index contributed by atoms with van der Waals surface area (Å²) in [7, 11) is 0. The quantitative estimate of drug-likeness (QED) is 0.188. The van der Waals surface area contributed by atoms with Crippen molar-refractivity contribution in [2.75, 3.05) is 16.8 Å². The van der Waals surface area contributed by atoms with Gasteiger partial charge in [0, 0.05) is 23.8 Å². The van der Waals surface area contributed by atoms with Crippen molar-refractivity contribution in [2.45, 2.75) is 12.1 Å². The molecule has 0 saturated carbocycles. The van der Waals surface area contributed by atoms with Gasteiger partial charge >= 0.3 is 0 Å². The number of fused-ring (bicyclic) bond motifs is 1. The van der Waals surface area contributed by atoms with E-state index in [9.17, 15) is 4.79 Å². The van der Waals surface area contributed by atoms with Crippen molar-refractivity contribution in [2.24, 2.45) is 0 Å². The maximum Gasteiger partial charge on any atom is 0.262 e. The van der Waals surface area contributed by atoms with Crippen molar-refractivity contribution < 1.29 is 9.53 Å². The van der Waals surface area contributed by atoms with Crippen LogP contribution < -0.4 is 20.3 Å². The number of carbonyl (C=O) groups is 1. The van der Waals surface area contributed by atoms with Crippen molar-refractivity contribution in [1.29, 1.82) is 0 Å². The molecule has 212 valence electrons. The molecule has 6 aromatic rings. The number of para-hydroxylation sites is 2. The van der Waals surface area contributed by atoms with Gasteiger partial charge in [0.15, 0.2) is 16.9 Å². The van der Waals surface area contributed by atoms with E-state index in [1.165, 1.54) is 0 Å². The Hall–Kier alpha value is -5.06. The lowest BCUT2D eigenvalue weighted by Crippen LogP contribution is -2.30. The van der Waals surface area contributed by atoms with Gasteiger partial charge in [0.05, 0.1) is 27.6 Å². The fourth-order valence-corrected chi connectivity index (χ4v) is 6.59. The van der Waals surface area contributed by atoms with Crippen molar-refractivity contribution in [1.82, 2.24) is 19.9 Å².